The van der Waals surface area contributed by atoms with Crippen molar-refractivity contribution >= 4 is 39.8 Å². The first-order chi connectivity index (χ1) is 12.2. The number of likely N-dealkylation sites (tertiary alicyclic amines) is 1. The fourth-order valence-electron chi connectivity index (χ4n) is 3.17. The Labute approximate surface area is 181 Å². The number of hydrogen-bond acceptors (Lipinski definition) is 5. The Morgan fingerprint density at radius 2 is 1.93 bits per heavy atom. The highest BCUT2D eigenvalue weighted by Gasteiger charge is 2.31. The average Bonchev–Trinajstić information content (AvgIpc) is 2.61. The smallest absolute Gasteiger partial charge is 0.193 e. The Balaban J connectivity index is 0.00000364. The van der Waals surface area contributed by atoms with Crippen LogP contribution >= 0.6 is 24.0 Å². The zero-order chi connectivity index (χ0) is 19.2. The highest BCUT2D eigenvalue weighted by molar-refractivity contribution is 14.0. The minimum atomic E-state index is -3.13. The molecule has 2 fully saturated rings. The molecule has 160 valence electrons. The maximum atomic E-state index is 11.9. The predicted octanol–water partition coefficient (Wildman–Crippen LogP) is 2.05. The summed E-state index contributed by atoms with van der Waals surface area (Å²) in [5.74, 6) is 0.760. The van der Waals surface area contributed by atoms with Crippen LogP contribution < -0.4 is 5.32 Å². The van der Waals surface area contributed by atoms with E-state index in [1.165, 1.54) is 12.7 Å². The van der Waals surface area contributed by atoms with Crippen LogP contribution in [0.3, 0.4) is 0 Å². The lowest BCUT2D eigenvalue weighted by atomic mass is 10.1. The molecule has 0 bridgehead atoms. The fourth-order valence-corrected chi connectivity index (χ4v) is 3.51. The third-order valence-corrected chi connectivity index (χ3v) is 7.57. The van der Waals surface area contributed by atoms with Crippen molar-refractivity contribution < 1.29 is 17.9 Å². The van der Waals surface area contributed by atoms with Crippen molar-refractivity contribution in [2.45, 2.75) is 62.9 Å². The fraction of sp³-hybridized carbons (Fsp3) is 0.944. The largest absolute Gasteiger partial charge is 0.376 e. The molecular formula is C18H36IN3O4S. The average molecular weight is 517 g/mol. The van der Waals surface area contributed by atoms with Gasteiger partial charge in [-0.1, -0.05) is 0 Å². The molecule has 0 aromatic heterocycles. The molecule has 0 amide bonds. The van der Waals surface area contributed by atoms with Gasteiger partial charge in [0.25, 0.3) is 0 Å². The second-order valence-corrected chi connectivity index (χ2v) is 10.6. The molecule has 2 saturated heterocycles. The third kappa shape index (κ3) is 7.66. The number of halogens is 1. The molecule has 0 aromatic rings. The van der Waals surface area contributed by atoms with E-state index < -0.39 is 14.6 Å². The number of aliphatic imine (C=N–C) groups is 1. The van der Waals surface area contributed by atoms with Crippen molar-refractivity contribution in [1.82, 2.24) is 10.2 Å². The van der Waals surface area contributed by atoms with Crippen molar-refractivity contribution in [2.75, 3.05) is 46.2 Å². The minimum absolute atomic E-state index is 0. The zero-order valence-electron chi connectivity index (χ0n) is 17.1. The molecule has 0 radical (unpaired) electrons. The quantitative estimate of drug-likeness (QED) is 0.330. The maximum Gasteiger partial charge on any atom is 0.193 e. The van der Waals surface area contributed by atoms with Crippen LogP contribution in [-0.2, 0) is 19.3 Å². The van der Waals surface area contributed by atoms with Crippen molar-refractivity contribution in [3.63, 3.8) is 0 Å². The van der Waals surface area contributed by atoms with Crippen LogP contribution in [0.15, 0.2) is 4.99 Å². The van der Waals surface area contributed by atoms with E-state index in [9.17, 15) is 8.42 Å². The Kier molecular flexibility index (Phi) is 10.3. The van der Waals surface area contributed by atoms with Crippen LogP contribution in [0.25, 0.3) is 0 Å². The summed E-state index contributed by atoms with van der Waals surface area (Å²) in [6, 6.07) is 0. The lowest BCUT2D eigenvalue weighted by Crippen LogP contribution is -2.51. The van der Waals surface area contributed by atoms with Gasteiger partial charge in [-0.25, -0.2) is 8.42 Å². The van der Waals surface area contributed by atoms with E-state index in [1.807, 2.05) is 0 Å². The van der Waals surface area contributed by atoms with Gasteiger partial charge in [-0.3, -0.25) is 4.99 Å². The first kappa shape index (κ1) is 24.9. The lowest BCUT2D eigenvalue weighted by molar-refractivity contribution is -0.0721. The van der Waals surface area contributed by atoms with E-state index in [4.69, 9.17) is 9.47 Å². The molecule has 0 aromatic carbocycles. The van der Waals surface area contributed by atoms with E-state index in [-0.39, 0.29) is 36.2 Å². The second-order valence-electron chi connectivity index (χ2n) is 7.94. The lowest BCUT2D eigenvalue weighted by Gasteiger charge is -2.36. The number of guanidine groups is 1. The molecule has 2 heterocycles. The molecule has 7 nitrogen and oxygen atoms in total. The number of rotatable bonds is 6. The first-order valence-corrected chi connectivity index (χ1v) is 11.5. The normalized spacial score (nSPS) is 23.0. The Bertz CT molecular complexity index is 569. The summed E-state index contributed by atoms with van der Waals surface area (Å²) in [5, 5.41) is 3.22. The van der Waals surface area contributed by atoms with Crippen molar-refractivity contribution in [2.24, 2.45) is 4.99 Å². The van der Waals surface area contributed by atoms with Crippen molar-refractivity contribution in [3.8, 4) is 0 Å². The molecule has 27 heavy (non-hydrogen) atoms. The SMILES string of the molecule is CN=C(NCC(C)(C)S(C)(=O)=O)N1CCC(OCC2CCCCO2)CC1.I. The molecule has 0 spiro atoms. The Morgan fingerprint density at radius 1 is 1.26 bits per heavy atom. The van der Waals surface area contributed by atoms with Gasteiger partial charge in [0.05, 0.1) is 23.6 Å². The highest BCUT2D eigenvalue weighted by Crippen LogP contribution is 2.18. The van der Waals surface area contributed by atoms with E-state index in [2.05, 4.69) is 15.2 Å². The number of nitrogens with one attached hydrogen (secondary N) is 1. The molecule has 2 rings (SSSR count). The van der Waals surface area contributed by atoms with Crippen molar-refractivity contribution in [3.05, 3.63) is 0 Å². The molecular weight excluding hydrogens is 481 g/mol. The minimum Gasteiger partial charge on any atom is -0.376 e. The van der Waals surface area contributed by atoms with Gasteiger partial charge >= 0.3 is 0 Å². The van der Waals surface area contributed by atoms with Crippen LogP contribution in [0, 0.1) is 0 Å². The summed E-state index contributed by atoms with van der Waals surface area (Å²) in [7, 11) is -1.40. The van der Waals surface area contributed by atoms with Crippen LogP contribution in [0.1, 0.15) is 46.0 Å². The maximum absolute atomic E-state index is 11.9. The Hall–Kier alpha value is -0.130. The van der Waals surface area contributed by atoms with Crippen LogP contribution in [0.2, 0.25) is 0 Å². The molecule has 2 aliphatic heterocycles. The van der Waals surface area contributed by atoms with Gasteiger partial charge in [-0.15, -0.1) is 24.0 Å². The summed E-state index contributed by atoms with van der Waals surface area (Å²) in [6.07, 6.45) is 7.19. The summed E-state index contributed by atoms with van der Waals surface area (Å²) < 4.78 is 34.7. The molecule has 2 aliphatic rings. The first-order valence-electron chi connectivity index (χ1n) is 9.61. The van der Waals surface area contributed by atoms with Gasteiger partial charge in [0.15, 0.2) is 15.8 Å². The standard InChI is InChI=1S/C18H35N3O4S.HI/c1-18(2,26(4,22)23)14-20-17(19-3)21-10-8-15(9-11-21)25-13-16-7-5-6-12-24-16;/h15-16H,5-14H2,1-4H3,(H,19,20);1H. The van der Waals surface area contributed by atoms with Gasteiger partial charge in [0.2, 0.25) is 0 Å². The summed E-state index contributed by atoms with van der Waals surface area (Å²) in [5.41, 5.74) is 0. The second kappa shape index (κ2) is 11.2. The molecule has 9 heteroatoms. The van der Waals surface area contributed by atoms with E-state index >= 15 is 0 Å². The summed E-state index contributed by atoms with van der Waals surface area (Å²) in [4.78, 5) is 6.49. The Morgan fingerprint density at radius 3 is 2.44 bits per heavy atom. The van der Waals surface area contributed by atoms with Crippen LogP contribution in [-0.4, -0.2) is 82.4 Å². The molecule has 1 N–H and O–H groups in total. The number of ether oxygens (including phenoxy) is 2. The number of hydrogen-bond donors (Lipinski definition) is 1. The monoisotopic (exact) mass is 517 g/mol. The zero-order valence-corrected chi connectivity index (χ0v) is 20.2. The van der Waals surface area contributed by atoms with Gasteiger partial charge in [0.1, 0.15) is 0 Å². The van der Waals surface area contributed by atoms with Gasteiger partial charge in [-0.05, 0) is 46.0 Å². The molecule has 0 aliphatic carbocycles. The highest BCUT2D eigenvalue weighted by atomic mass is 127. The number of piperidine rings is 1. The van der Waals surface area contributed by atoms with Gasteiger partial charge < -0.3 is 19.7 Å². The number of sulfone groups is 1. The van der Waals surface area contributed by atoms with E-state index in [1.54, 1.807) is 20.9 Å². The summed E-state index contributed by atoms with van der Waals surface area (Å²) >= 11 is 0. The topological polar surface area (TPSA) is 80.2 Å². The van der Waals surface area contributed by atoms with Crippen LogP contribution in [0.4, 0.5) is 0 Å². The van der Waals surface area contributed by atoms with Gasteiger partial charge in [-0.2, -0.15) is 0 Å². The predicted molar refractivity (Wildman–Crippen MR) is 120 cm³/mol. The molecule has 0 saturated carbocycles. The van der Waals surface area contributed by atoms with Crippen molar-refractivity contribution in [1.29, 1.82) is 0 Å². The summed E-state index contributed by atoms with van der Waals surface area (Å²) in [6.45, 7) is 7.07. The number of nitrogens with zero attached hydrogens (tertiary/aromatic N) is 2. The van der Waals surface area contributed by atoms with E-state index in [0.717, 1.165) is 51.3 Å². The molecule has 1 atom stereocenters. The van der Waals surface area contributed by atoms with Crippen LogP contribution in [0.5, 0.6) is 0 Å². The van der Waals surface area contributed by atoms with Gasteiger partial charge in [0, 0.05) is 39.5 Å². The van der Waals surface area contributed by atoms with E-state index in [0.29, 0.717) is 13.2 Å². The third-order valence-electron chi connectivity index (χ3n) is 5.42. The molecule has 1 unspecified atom stereocenters.